The summed E-state index contributed by atoms with van der Waals surface area (Å²) in [5, 5.41) is 9.95. The third kappa shape index (κ3) is 3.03. The van der Waals surface area contributed by atoms with Gasteiger partial charge in [0.25, 0.3) is 5.91 Å². The lowest BCUT2D eigenvalue weighted by atomic mass is 10.1. The van der Waals surface area contributed by atoms with Gasteiger partial charge in [-0.05, 0) is 26.3 Å². The van der Waals surface area contributed by atoms with E-state index in [4.69, 9.17) is 0 Å². The molecule has 5 rings (SSSR count). The molecule has 0 bridgehead atoms. The minimum absolute atomic E-state index is 0.0293. The number of anilines is 1. The van der Waals surface area contributed by atoms with Crippen LogP contribution in [0.15, 0.2) is 18.3 Å². The Balaban J connectivity index is 1.32. The quantitative estimate of drug-likeness (QED) is 0.787. The highest BCUT2D eigenvalue weighted by molar-refractivity contribution is 7.11. The van der Waals surface area contributed by atoms with Crippen LogP contribution >= 0.6 is 11.3 Å². The van der Waals surface area contributed by atoms with Crippen molar-refractivity contribution in [3.63, 3.8) is 0 Å². The maximum absolute atomic E-state index is 13.3. The first kappa shape index (κ1) is 18.3. The van der Waals surface area contributed by atoms with E-state index >= 15 is 0 Å². The van der Waals surface area contributed by atoms with Crippen molar-refractivity contribution in [3.05, 3.63) is 34.4 Å². The van der Waals surface area contributed by atoms with Crippen LogP contribution in [0, 0.1) is 0 Å². The molecule has 10 heteroatoms. The van der Waals surface area contributed by atoms with Crippen molar-refractivity contribution in [2.45, 2.75) is 38.4 Å². The van der Waals surface area contributed by atoms with E-state index in [9.17, 15) is 9.59 Å². The predicted octanol–water partition coefficient (Wildman–Crippen LogP) is 2.19. The molecule has 2 aromatic rings. The van der Waals surface area contributed by atoms with Gasteiger partial charge in [-0.25, -0.2) is 4.79 Å². The number of hydrogen-bond acceptors (Lipinski definition) is 6. The van der Waals surface area contributed by atoms with Crippen LogP contribution in [0.3, 0.4) is 0 Å². The van der Waals surface area contributed by atoms with Gasteiger partial charge in [0.1, 0.15) is 4.88 Å². The van der Waals surface area contributed by atoms with E-state index in [2.05, 4.69) is 38.9 Å². The highest BCUT2D eigenvalue weighted by Gasteiger charge is 2.41. The monoisotopic (exact) mass is 413 g/mol. The lowest BCUT2D eigenvalue weighted by Gasteiger charge is -2.43. The van der Waals surface area contributed by atoms with Crippen LogP contribution in [-0.4, -0.2) is 73.5 Å². The number of carbonyl (C=O) groups excluding carboxylic acids is 2. The molecule has 29 heavy (non-hydrogen) atoms. The molecule has 2 saturated heterocycles. The van der Waals surface area contributed by atoms with Crippen LogP contribution < -0.4 is 5.32 Å². The lowest BCUT2D eigenvalue weighted by molar-refractivity contribution is 0.0701. The van der Waals surface area contributed by atoms with Gasteiger partial charge >= 0.3 is 6.03 Å². The van der Waals surface area contributed by atoms with Gasteiger partial charge in [-0.15, -0.1) is 11.3 Å². The van der Waals surface area contributed by atoms with Crippen LogP contribution in [0.1, 0.15) is 40.7 Å². The van der Waals surface area contributed by atoms with Crippen LogP contribution in [-0.2, 0) is 6.54 Å². The Hall–Kier alpha value is -2.72. The van der Waals surface area contributed by atoms with Crippen LogP contribution in [0.25, 0.3) is 5.70 Å². The van der Waals surface area contributed by atoms with Crippen LogP contribution in [0.2, 0.25) is 0 Å². The number of piperazine rings is 1. The summed E-state index contributed by atoms with van der Waals surface area (Å²) in [7, 11) is 0. The number of nitrogens with zero attached hydrogens (tertiary/aromatic N) is 5. The summed E-state index contributed by atoms with van der Waals surface area (Å²) in [6.07, 6.45) is 3.87. The molecule has 0 unspecified atom stereocenters. The first-order chi connectivity index (χ1) is 14.0. The first-order valence-electron chi connectivity index (χ1n) is 9.81. The number of aromatic amines is 1. The molecule has 3 aliphatic rings. The largest absolute Gasteiger partial charge is 0.325 e. The fraction of sp³-hybridized carbons (Fsp3) is 0.474. The second kappa shape index (κ2) is 6.96. The van der Waals surface area contributed by atoms with E-state index in [1.165, 1.54) is 24.0 Å². The van der Waals surface area contributed by atoms with Crippen molar-refractivity contribution in [2.75, 3.05) is 25.0 Å². The highest BCUT2D eigenvalue weighted by atomic mass is 32.1. The summed E-state index contributed by atoms with van der Waals surface area (Å²) < 4.78 is 0. The van der Waals surface area contributed by atoms with E-state index in [-0.39, 0.29) is 18.0 Å². The van der Waals surface area contributed by atoms with E-state index < -0.39 is 0 Å². The van der Waals surface area contributed by atoms with Gasteiger partial charge in [0.15, 0.2) is 5.82 Å². The number of nitrogens with one attached hydrogen (secondary N) is 2. The molecule has 152 valence electrons. The van der Waals surface area contributed by atoms with Gasteiger partial charge in [-0.3, -0.25) is 24.7 Å². The Morgan fingerprint density at radius 3 is 3.03 bits per heavy atom. The molecule has 0 aromatic carbocycles. The molecular formula is C19H23N7O2S. The zero-order valence-corrected chi connectivity index (χ0v) is 17.0. The molecule has 3 aliphatic heterocycles. The molecule has 2 N–H and O–H groups in total. The van der Waals surface area contributed by atoms with E-state index in [1.54, 1.807) is 10.4 Å². The van der Waals surface area contributed by atoms with Crippen molar-refractivity contribution >= 4 is 34.8 Å². The molecule has 3 amide bonds. The Morgan fingerprint density at radius 1 is 1.38 bits per heavy atom. The average Bonchev–Trinajstić information content (AvgIpc) is 3.47. The SMILES string of the molecule is C=C1c2[nH]nc(NC(=O)c3cncs3)c2CN1C(=O)N1C[C@@H]2CCCN2C[C@@H]1C. The van der Waals surface area contributed by atoms with Crippen molar-refractivity contribution in [1.82, 2.24) is 29.9 Å². The molecule has 0 radical (unpaired) electrons. The Kier molecular flexibility index (Phi) is 4.39. The van der Waals surface area contributed by atoms with E-state index in [0.717, 1.165) is 31.6 Å². The number of amides is 3. The minimum atomic E-state index is -0.261. The zero-order valence-electron chi connectivity index (χ0n) is 16.2. The minimum Gasteiger partial charge on any atom is -0.319 e. The molecular weight excluding hydrogens is 390 g/mol. The summed E-state index contributed by atoms with van der Waals surface area (Å²) in [6, 6.07) is 0.588. The van der Waals surface area contributed by atoms with Gasteiger partial charge in [0, 0.05) is 30.7 Å². The number of hydrogen-bond donors (Lipinski definition) is 2. The van der Waals surface area contributed by atoms with Crippen molar-refractivity contribution in [3.8, 4) is 0 Å². The molecule has 0 aliphatic carbocycles. The smallest absolute Gasteiger partial charge is 0.319 e. The summed E-state index contributed by atoms with van der Waals surface area (Å²) in [4.78, 5) is 36.3. The van der Waals surface area contributed by atoms with Crippen molar-refractivity contribution < 1.29 is 9.59 Å². The maximum atomic E-state index is 13.3. The topological polar surface area (TPSA) is 97.5 Å². The Morgan fingerprint density at radius 2 is 2.24 bits per heavy atom. The van der Waals surface area contributed by atoms with Crippen LogP contribution in [0.5, 0.6) is 0 Å². The molecule has 2 fully saturated rings. The third-order valence-electron chi connectivity index (χ3n) is 6.10. The number of aromatic nitrogens is 3. The van der Waals surface area contributed by atoms with E-state index in [0.29, 0.717) is 34.7 Å². The molecule has 2 aromatic heterocycles. The Labute approximate surface area is 172 Å². The summed E-state index contributed by atoms with van der Waals surface area (Å²) >= 11 is 1.26. The fourth-order valence-corrected chi connectivity index (χ4v) is 5.05. The molecule has 0 spiro atoms. The van der Waals surface area contributed by atoms with Gasteiger partial charge in [-0.2, -0.15) is 5.10 Å². The van der Waals surface area contributed by atoms with Gasteiger partial charge < -0.3 is 10.2 Å². The predicted molar refractivity (Wildman–Crippen MR) is 109 cm³/mol. The van der Waals surface area contributed by atoms with Gasteiger partial charge in [0.2, 0.25) is 0 Å². The normalized spacial score (nSPS) is 24.0. The molecule has 0 saturated carbocycles. The number of urea groups is 1. The first-order valence-corrected chi connectivity index (χ1v) is 10.7. The molecule has 9 nitrogen and oxygen atoms in total. The number of fused-ring (bicyclic) bond motifs is 2. The summed E-state index contributed by atoms with van der Waals surface area (Å²) in [5.41, 5.74) is 3.69. The summed E-state index contributed by atoms with van der Waals surface area (Å²) in [6.45, 7) is 9.36. The maximum Gasteiger partial charge on any atom is 0.325 e. The summed E-state index contributed by atoms with van der Waals surface area (Å²) in [5.74, 6) is 0.173. The second-order valence-electron chi connectivity index (χ2n) is 7.85. The highest BCUT2D eigenvalue weighted by Crippen LogP contribution is 2.36. The number of H-pyrrole nitrogens is 1. The lowest BCUT2D eigenvalue weighted by Crippen LogP contribution is -2.58. The zero-order chi connectivity index (χ0) is 20.1. The van der Waals surface area contributed by atoms with Crippen LogP contribution in [0.4, 0.5) is 10.6 Å². The van der Waals surface area contributed by atoms with Gasteiger partial charge in [0.05, 0.1) is 29.6 Å². The van der Waals surface area contributed by atoms with Crippen molar-refractivity contribution in [2.24, 2.45) is 0 Å². The molecule has 2 atom stereocenters. The standard InChI is InChI=1S/C19H23N7O2S/c1-11-7-24-5-3-4-13(24)8-25(11)19(28)26-9-14-16(12(26)2)22-23-17(14)21-18(27)15-6-20-10-29-15/h6,10-11,13H,2-5,7-9H2,1H3,(H2,21,22,23,27)/t11-,13-/m0/s1. The number of thiazole rings is 1. The number of rotatable bonds is 2. The van der Waals surface area contributed by atoms with Gasteiger partial charge in [-0.1, -0.05) is 6.58 Å². The van der Waals surface area contributed by atoms with Crippen molar-refractivity contribution in [1.29, 1.82) is 0 Å². The molecule has 5 heterocycles. The Bertz CT molecular complexity index is 969. The average molecular weight is 414 g/mol. The fourth-order valence-electron chi connectivity index (χ4n) is 4.54. The van der Waals surface area contributed by atoms with E-state index in [1.807, 2.05) is 4.90 Å². The third-order valence-corrected chi connectivity index (χ3v) is 6.87. The number of carbonyl (C=O) groups is 2. The second-order valence-corrected chi connectivity index (χ2v) is 8.74.